The molecule has 2 aromatic heterocycles. The second-order valence-electron chi connectivity index (χ2n) is 6.73. The van der Waals surface area contributed by atoms with E-state index in [9.17, 15) is 9.59 Å². The summed E-state index contributed by atoms with van der Waals surface area (Å²) in [6.07, 6.45) is 3.37. The average Bonchev–Trinajstić information content (AvgIpc) is 3.17. The molecule has 2 aromatic carbocycles. The van der Waals surface area contributed by atoms with Crippen LogP contribution in [0.25, 0.3) is 11.0 Å². The second-order valence-corrected chi connectivity index (χ2v) is 8.69. The lowest BCUT2D eigenvalue weighted by atomic mass is 10.1. The summed E-state index contributed by atoms with van der Waals surface area (Å²) in [4.78, 5) is 34.2. The number of carbonyl (C=O) groups excluding carboxylic acids is 2. The van der Waals surface area contributed by atoms with Crippen LogP contribution in [0, 0.1) is 0 Å². The molecule has 31 heavy (non-hydrogen) atoms. The third-order valence-electron chi connectivity index (χ3n) is 4.66. The van der Waals surface area contributed by atoms with Crippen LogP contribution in [0.5, 0.6) is 0 Å². The fraction of sp³-hybridized carbons (Fsp3) is 0.0909. The minimum Gasteiger partial charge on any atom is -0.451 e. The lowest BCUT2D eigenvalue weighted by Crippen LogP contribution is -2.19. The van der Waals surface area contributed by atoms with E-state index in [4.69, 9.17) is 4.42 Å². The highest BCUT2D eigenvalue weighted by atomic mass is 32.2. The molecule has 0 aliphatic carbocycles. The maximum absolute atomic E-state index is 13.1. The first-order chi connectivity index (χ1) is 15.2. The minimum absolute atomic E-state index is 0.0549. The molecular formula is C22H16N4O3S2. The van der Waals surface area contributed by atoms with E-state index in [-0.39, 0.29) is 17.6 Å². The number of benzene rings is 2. The molecule has 0 saturated heterocycles. The van der Waals surface area contributed by atoms with Crippen LogP contribution in [-0.4, -0.2) is 27.5 Å². The monoisotopic (exact) mass is 448 g/mol. The second kappa shape index (κ2) is 8.44. The lowest BCUT2D eigenvalue weighted by molar-refractivity contribution is -0.113. The highest BCUT2D eigenvalue weighted by Crippen LogP contribution is 2.35. The number of hydrogen-bond donors (Lipinski definition) is 2. The van der Waals surface area contributed by atoms with Crippen molar-refractivity contribution in [1.82, 2.24) is 9.97 Å². The van der Waals surface area contributed by atoms with Crippen molar-refractivity contribution >= 4 is 57.7 Å². The molecule has 9 heteroatoms. The normalized spacial score (nSPS) is 13.0. The highest BCUT2D eigenvalue weighted by Gasteiger charge is 2.22. The molecule has 2 N–H and O–H groups in total. The summed E-state index contributed by atoms with van der Waals surface area (Å²) in [5.41, 5.74) is 2.70. The molecule has 0 spiro atoms. The molecule has 0 unspecified atom stereocenters. The summed E-state index contributed by atoms with van der Waals surface area (Å²) < 4.78 is 5.91. The van der Waals surface area contributed by atoms with Crippen molar-refractivity contribution in [2.45, 2.75) is 15.8 Å². The van der Waals surface area contributed by atoms with Gasteiger partial charge in [0, 0.05) is 39.7 Å². The summed E-state index contributed by atoms with van der Waals surface area (Å²) in [5, 5.41) is 7.23. The lowest BCUT2D eigenvalue weighted by Gasteiger charge is -2.17. The molecule has 0 saturated carbocycles. The summed E-state index contributed by atoms with van der Waals surface area (Å²) >= 11 is 2.91. The maximum atomic E-state index is 13.1. The van der Waals surface area contributed by atoms with Gasteiger partial charge in [-0.1, -0.05) is 30.0 Å². The number of fused-ring (bicyclic) bond motifs is 2. The zero-order valence-electron chi connectivity index (χ0n) is 16.1. The molecule has 4 aromatic rings. The summed E-state index contributed by atoms with van der Waals surface area (Å²) in [6, 6.07) is 14.8. The van der Waals surface area contributed by atoms with Crippen LogP contribution < -0.4 is 10.6 Å². The molecule has 0 bridgehead atoms. The van der Waals surface area contributed by atoms with E-state index in [2.05, 4.69) is 20.6 Å². The van der Waals surface area contributed by atoms with E-state index < -0.39 is 0 Å². The third-order valence-corrected chi connectivity index (χ3v) is 6.64. The summed E-state index contributed by atoms with van der Waals surface area (Å²) in [7, 11) is 0. The molecular weight excluding hydrogens is 432 g/mol. The quantitative estimate of drug-likeness (QED) is 0.334. The Labute approximate surface area is 186 Å². The first kappa shape index (κ1) is 19.7. The van der Waals surface area contributed by atoms with Gasteiger partial charge in [0.2, 0.25) is 5.91 Å². The Morgan fingerprint density at radius 2 is 2.00 bits per heavy atom. The van der Waals surface area contributed by atoms with E-state index in [1.807, 2.05) is 36.4 Å². The van der Waals surface area contributed by atoms with Crippen LogP contribution >= 0.6 is 23.5 Å². The highest BCUT2D eigenvalue weighted by molar-refractivity contribution is 8.00. The van der Waals surface area contributed by atoms with Crippen molar-refractivity contribution in [1.29, 1.82) is 0 Å². The average molecular weight is 449 g/mol. The van der Waals surface area contributed by atoms with Gasteiger partial charge < -0.3 is 15.1 Å². The SMILES string of the molecule is O=C1CSc2ccc(NC(=O)c3oc4ccccc4c3CSc3ncccn3)cc2N1. The smallest absolute Gasteiger partial charge is 0.291 e. The van der Waals surface area contributed by atoms with Gasteiger partial charge in [-0.15, -0.1) is 11.8 Å². The maximum Gasteiger partial charge on any atom is 0.291 e. The van der Waals surface area contributed by atoms with Gasteiger partial charge in [-0.3, -0.25) is 9.59 Å². The van der Waals surface area contributed by atoms with Crippen LogP contribution in [-0.2, 0) is 10.5 Å². The number of rotatable bonds is 5. The van der Waals surface area contributed by atoms with Crippen LogP contribution in [0.2, 0.25) is 0 Å². The first-order valence-corrected chi connectivity index (χ1v) is 11.4. The Bertz CT molecular complexity index is 1290. The molecule has 2 amide bonds. The minimum atomic E-state index is -0.351. The first-order valence-electron chi connectivity index (χ1n) is 9.45. The number of anilines is 2. The van der Waals surface area contributed by atoms with Crippen molar-refractivity contribution in [2.75, 3.05) is 16.4 Å². The van der Waals surface area contributed by atoms with Gasteiger partial charge in [0.15, 0.2) is 10.9 Å². The van der Waals surface area contributed by atoms with Gasteiger partial charge in [-0.25, -0.2) is 9.97 Å². The van der Waals surface area contributed by atoms with Gasteiger partial charge in [0.05, 0.1) is 11.4 Å². The Hall–Kier alpha value is -3.30. The Morgan fingerprint density at radius 1 is 1.16 bits per heavy atom. The van der Waals surface area contributed by atoms with Gasteiger partial charge >= 0.3 is 0 Å². The molecule has 3 heterocycles. The van der Waals surface area contributed by atoms with E-state index >= 15 is 0 Å². The van der Waals surface area contributed by atoms with Crippen molar-refractivity contribution in [3.8, 4) is 0 Å². The van der Waals surface area contributed by atoms with E-state index in [1.165, 1.54) is 23.5 Å². The zero-order chi connectivity index (χ0) is 21.2. The largest absolute Gasteiger partial charge is 0.451 e. The number of aromatic nitrogens is 2. The van der Waals surface area contributed by atoms with Crippen LogP contribution in [0.1, 0.15) is 16.1 Å². The number of amides is 2. The summed E-state index contributed by atoms with van der Waals surface area (Å²) in [6.45, 7) is 0. The van der Waals surface area contributed by atoms with Crippen molar-refractivity contribution in [3.63, 3.8) is 0 Å². The standard InChI is InChI=1S/C22H16N4O3S2/c27-19-12-30-18-7-6-13(10-16(18)26-19)25-21(28)20-15(11-31-22-23-8-3-9-24-22)14-4-1-2-5-17(14)29-20/h1-10H,11-12H2,(H,25,28)(H,26,27). The molecule has 0 radical (unpaired) electrons. The molecule has 0 atom stereocenters. The van der Waals surface area contributed by atoms with Gasteiger partial charge in [0.25, 0.3) is 5.91 Å². The Balaban J connectivity index is 1.43. The fourth-order valence-corrected chi connectivity index (χ4v) is 4.89. The number of furan rings is 1. The van der Waals surface area contributed by atoms with Crippen LogP contribution in [0.4, 0.5) is 11.4 Å². The molecule has 1 aliphatic rings. The van der Waals surface area contributed by atoms with Crippen molar-refractivity contribution in [3.05, 3.63) is 72.2 Å². The van der Waals surface area contributed by atoms with Gasteiger partial charge in [-0.05, 0) is 30.3 Å². The molecule has 7 nitrogen and oxygen atoms in total. The number of nitrogens with one attached hydrogen (secondary N) is 2. The van der Waals surface area contributed by atoms with Gasteiger partial charge in [0.1, 0.15) is 5.58 Å². The van der Waals surface area contributed by atoms with E-state index in [0.29, 0.717) is 33.6 Å². The predicted molar refractivity (Wildman–Crippen MR) is 122 cm³/mol. The fourth-order valence-electron chi connectivity index (χ4n) is 3.27. The number of nitrogens with zero attached hydrogens (tertiary/aromatic N) is 2. The third kappa shape index (κ3) is 4.14. The number of thioether (sulfide) groups is 2. The van der Waals surface area contributed by atoms with Crippen LogP contribution in [0.15, 0.2) is 75.4 Å². The molecule has 154 valence electrons. The Kier molecular flexibility index (Phi) is 5.35. The number of para-hydroxylation sites is 1. The number of hydrogen-bond acceptors (Lipinski definition) is 7. The Morgan fingerprint density at radius 3 is 2.87 bits per heavy atom. The molecule has 0 fully saturated rings. The van der Waals surface area contributed by atoms with Gasteiger partial charge in [-0.2, -0.15) is 0 Å². The van der Waals surface area contributed by atoms with Crippen LogP contribution in [0.3, 0.4) is 0 Å². The summed E-state index contributed by atoms with van der Waals surface area (Å²) in [5.74, 6) is 0.724. The molecule has 1 aliphatic heterocycles. The number of carbonyl (C=O) groups is 2. The van der Waals surface area contributed by atoms with Crippen molar-refractivity contribution < 1.29 is 14.0 Å². The molecule has 5 rings (SSSR count). The van der Waals surface area contributed by atoms with Crippen molar-refractivity contribution in [2.24, 2.45) is 0 Å². The van der Waals surface area contributed by atoms with E-state index in [1.54, 1.807) is 24.5 Å². The van der Waals surface area contributed by atoms with E-state index in [0.717, 1.165) is 15.8 Å². The topological polar surface area (TPSA) is 97.1 Å². The zero-order valence-corrected chi connectivity index (χ0v) is 17.8. The predicted octanol–water partition coefficient (Wildman–Crippen LogP) is 4.81.